The van der Waals surface area contributed by atoms with Crippen molar-refractivity contribution in [2.45, 2.75) is 39.0 Å². The number of aliphatic hydroxyl groups is 1. The zero-order valence-corrected chi connectivity index (χ0v) is 16.1. The summed E-state index contributed by atoms with van der Waals surface area (Å²) in [5.74, 6) is -0.751. The Morgan fingerprint density at radius 3 is 2.72 bits per heavy atom. The Bertz CT molecular complexity index is 1160. The van der Waals surface area contributed by atoms with Crippen molar-refractivity contribution in [3.05, 3.63) is 52.2 Å². The molecular weight excluding hydrogens is 375 g/mol. The minimum Gasteiger partial charge on any atom is -0.387 e. The number of aliphatic hydroxyl groups excluding tert-OH is 1. The molecule has 3 unspecified atom stereocenters. The highest BCUT2D eigenvalue weighted by molar-refractivity contribution is 5.95. The standard InChI is InChI=1S/C21H21FN4O3/c1-3-18(27)17-4-10(2)14(9-23-17)12-5-11-8-24-19(7-16(11)25-20(12)28)26-21(29)13-6-15(13)22/h4-5,7-9,13,15,18,27H,3,6H2,1-2H3,(H,25,28)(H,24,26,29). The van der Waals surface area contributed by atoms with Crippen molar-refractivity contribution >= 4 is 22.6 Å². The number of carbonyl (C=O) groups excluding carboxylic acids is 1. The lowest BCUT2D eigenvalue weighted by Gasteiger charge is -2.11. The van der Waals surface area contributed by atoms with Gasteiger partial charge in [-0.3, -0.25) is 14.6 Å². The van der Waals surface area contributed by atoms with Crippen molar-refractivity contribution in [3.63, 3.8) is 0 Å². The average molecular weight is 396 g/mol. The van der Waals surface area contributed by atoms with Crippen LogP contribution >= 0.6 is 0 Å². The van der Waals surface area contributed by atoms with Gasteiger partial charge in [-0.2, -0.15) is 0 Å². The van der Waals surface area contributed by atoms with E-state index >= 15 is 0 Å². The minimum atomic E-state index is -1.08. The zero-order valence-electron chi connectivity index (χ0n) is 16.1. The zero-order chi connectivity index (χ0) is 20.7. The van der Waals surface area contributed by atoms with Gasteiger partial charge in [0.25, 0.3) is 5.56 Å². The van der Waals surface area contributed by atoms with Gasteiger partial charge in [0.2, 0.25) is 5.91 Å². The van der Waals surface area contributed by atoms with Gasteiger partial charge in [0, 0.05) is 35.0 Å². The van der Waals surface area contributed by atoms with Crippen molar-refractivity contribution < 1.29 is 14.3 Å². The van der Waals surface area contributed by atoms with E-state index in [1.165, 1.54) is 0 Å². The third kappa shape index (κ3) is 3.75. The molecule has 1 aliphatic carbocycles. The number of amides is 1. The molecule has 29 heavy (non-hydrogen) atoms. The van der Waals surface area contributed by atoms with Crippen LogP contribution in [-0.4, -0.2) is 32.1 Å². The van der Waals surface area contributed by atoms with E-state index in [2.05, 4.69) is 20.3 Å². The van der Waals surface area contributed by atoms with Crippen LogP contribution in [0.25, 0.3) is 22.0 Å². The molecular formula is C21H21FN4O3. The molecule has 1 saturated carbocycles. The SMILES string of the molecule is CCC(O)c1cc(C)c(-c2cc3cnc(NC(=O)C4CC4F)cc3[nH]c2=O)cn1. The lowest BCUT2D eigenvalue weighted by Crippen LogP contribution is -2.16. The molecule has 1 aliphatic rings. The van der Waals surface area contributed by atoms with E-state index in [0.717, 1.165) is 5.56 Å². The Labute approximate surface area is 166 Å². The summed E-state index contributed by atoms with van der Waals surface area (Å²) in [6, 6.07) is 5.05. The van der Waals surface area contributed by atoms with E-state index in [-0.39, 0.29) is 17.8 Å². The van der Waals surface area contributed by atoms with Crippen molar-refractivity contribution in [3.8, 4) is 11.1 Å². The van der Waals surface area contributed by atoms with Crippen LogP contribution in [0, 0.1) is 12.8 Å². The number of anilines is 1. The molecule has 1 amide bonds. The quantitative estimate of drug-likeness (QED) is 0.614. The Balaban J connectivity index is 1.66. The fraction of sp³-hybridized carbons (Fsp3) is 0.333. The number of alkyl halides is 1. The average Bonchev–Trinajstić information content (AvgIpc) is 3.44. The number of pyridine rings is 3. The van der Waals surface area contributed by atoms with Gasteiger partial charge >= 0.3 is 0 Å². The number of fused-ring (bicyclic) bond motifs is 1. The summed E-state index contributed by atoms with van der Waals surface area (Å²) < 4.78 is 13.0. The smallest absolute Gasteiger partial charge is 0.256 e. The lowest BCUT2D eigenvalue weighted by atomic mass is 10.0. The van der Waals surface area contributed by atoms with Crippen LogP contribution in [0.3, 0.4) is 0 Å². The molecule has 1 fully saturated rings. The van der Waals surface area contributed by atoms with Crippen LogP contribution in [-0.2, 0) is 4.79 Å². The van der Waals surface area contributed by atoms with Gasteiger partial charge in [0.15, 0.2) is 0 Å². The van der Waals surface area contributed by atoms with E-state index in [4.69, 9.17) is 0 Å². The predicted octanol–water partition coefficient (Wildman–Crippen LogP) is 3.03. The molecule has 3 aromatic heterocycles. The number of aromatic nitrogens is 3. The maximum Gasteiger partial charge on any atom is 0.256 e. The number of halogens is 1. The largest absolute Gasteiger partial charge is 0.387 e. The van der Waals surface area contributed by atoms with Gasteiger partial charge < -0.3 is 15.4 Å². The highest BCUT2D eigenvalue weighted by Gasteiger charge is 2.43. The second-order valence-corrected chi connectivity index (χ2v) is 7.36. The first kappa shape index (κ1) is 19.2. The number of rotatable bonds is 5. The van der Waals surface area contributed by atoms with Crippen LogP contribution in [0.1, 0.15) is 37.1 Å². The van der Waals surface area contributed by atoms with Crippen LogP contribution in [0.15, 0.2) is 35.4 Å². The van der Waals surface area contributed by atoms with Crippen LogP contribution in [0.5, 0.6) is 0 Å². The number of nitrogens with one attached hydrogen (secondary N) is 2. The first-order chi connectivity index (χ1) is 13.9. The first-order valence-corrected chi connectivity index (χ1v) is 9.50. The molecule has 150 valence electrons. The molecule has 8 heteroatoms. The van der Waals surface area contributed by atoms with E-state index in [1.807, 2.05) is 13.8 Å². The van der Waals surface area contributed by atoms with Gasteiger partial charge in [-0.05, 0) is 37.5 Å². The summed E-state index contributed by atoms with van der Waals surface area (Å²) in [5.41, 5.74) is 2.71. The fourth-order valence-corrected chi connectivity index (χ4v) is 3.27. The summed E-state index contributed by atoms with van der Waals surface area (Å²) in [5, 5.41) is 13.2. The molecule has 0 saturated heterocycles. The molecule has 4 rings (SSSR count). The van der Waals surface area contributed by atoms with Crippen molar-refractivity contribution in [2.24, 2.45) is 5.92 Å². The van der Waals surface area contributed by atoms with E-state index in [1.54, 1.807) is 30.6 Å². The number of hydrogen-bond donors (Lipinski definition) is 3. The Morgan fingerprint density at radius 2 is 2.07 bits per heavy atom. The summed E-state index contributed by atoms with van der Waals surface area (Å²) in [6.45, 7) is 3.73. The monoisotopic (exact) mass is 396 g/mol. The molecule has 0 bridgehead atoms. The number of aromatic amines is 1. The maximum absolute atomic E-state index is 13.0. The molecule has 0 aliphatic heterocycles. The van der Waals surface area contributed by atoms with Crippen LogP contribution < -0.4 is 10.9 Å². The maximum atomic E-state index is 13.0. The van der Waals surface area contributed by atoms with E-state index in [0.29, 0.717) is 34.1 Å². The predicted molar refractivity (Wildman–Crippen MR) is 107 cm³/mol. The minimum absolute atomic E-state index is 0.237. The second-order valence-electron chi connectivity index (χ2n) is 7.36. The van der Waals surface area contributed by atoms with Crippen molar-refractivity contribution in [1.82, 2.24) is 15.0 Å². The topological polar surface area (TPSA) is 108 Å². The highest BCUT2D eigenvalue weighted by atomic mass is 19.1. The number of H-pyrrole nitrogens is 1. The van der Waals surface area contributed by atoms with Gasteiger partial charge in [-0.15, -0.1) is 0 Å². The highest BCUT2D eigenvalue weighted by Crippen LogP contribution is 2.34. The fourth-order valence-electron chi connectivity index (χ4n) is 3.27. The van der Waals surface area contributed by atoms with Gasteiger partial charge in [0.05, 0.1) is 23.2 Å². The Kier molecular flexibility index (Phi) is 4.87. The normalized spacial score (nSPS) is 19.2. The number of nitrogens with zero attached hydrogens (tertiary/aromatic N) is 2. The molecule has 0 spiro atoms. The molecule has 3 aromatic rings. The van der Waals surface area contributed by atoms with Gasteiger partial charge in [0.1, 0.15) is 12.0 Å². The van der Waals surface area contributed by atoms with Gasteiger partial charge in [-0.25, -0.2) is 9.37 Å². The summed E-state index contributed by atoms with van der Waals surface area (Å²) in [4.78, 5) is 35.8. The third-order valence-corrected chi connectivity index (χ3v) is 5.18. The Hall–Kier alpha value is -3.13. The van der Waals surface area contributed by atoms with E-state index < -0.39 is 24.1 Å². The summed E-state index contributed by atoms with van der Waals surface area (Å²) in [7, 11) is 0. The number of hydrogen-bond acceptors (Lipinski definition) is 5. The summed E-state index contributed by atoms with van der Waals surface area (Å²) >= 11 is 0. The molecule has 3 N–H and O–H groups in total. The van der Waals surface area contributed by atoms with Crippen molar-refractivity contribution in [1.29, 1.82) is 0 Å². The Morgan fingerprint density at radius 1 is 1.31 bits per heavy atom. The third-order valence-electron chi connectivity index (χ3n) is 5.18. The van der Waals surface area contributed by atoms with Gasteiger partial charge in [-0.1, -0.05) is 6.92 Å². The molecule has 3 atom stereocenters. The van der Waals surface area contributed by atoms with E-state index in [9.17, 15) is 19.1 Å². The molecule has 3 heterocycles. The van der Waals surface area contributed by atoms with Crippen molar-refractivity contribution in [2.75, 3.05) is 5.32 Å². The van der Waals surface area contributed by atoms with Crippen LogP contribution in [0.2, 0.25) is 0 Å². The first-order valence-electron chi connectivity index (χ1n) is 9.50. The lowest BCUT2D eigenvalue weighted by molar-refractivity contribution is -0.117. The molecule has 0 radical (unpaired) electrons. The summed E-state index contributed by atoms with van der Waals surface area (Å²) in [6.07, 6.45) is 2.20. The second kappa shape index (κ2) is 7.36. The number of carbonyl (C=O) groups is 1. The molecule has 7 nitrogen and oxygen atoms in total. The molecule has 0 aromatic carbocycles. The number of aryl methyl sites for hydroxylation is 1. The van der Waals surface area contributed by atoms with Crippen LogP contribution in [0.4, 0.5) is 10.2 Å².